The van der Waals surface area contributed by atoms with Gasteiger partial charge in [0.05, 0.1) is 22.5 Å². The number of ether oxygens (including phenoxy) is 1. The number of carbonyl (C=O) groups excluding carboxylic acids is 1. The maximum Gasteiger partial charge on any atom is 0.366 e. The van der Waals surface area contributed by atoms with Gasteiger partial charge in [0, 0.05) is 10.5 Å². The van der Waals surface area contributed by atoms with Crippen LogP contribution in [0.3, 0.4) is 0 Å². The Morgan fingerprint density at radius 2 is 2.00 bits per heavy atom. The molecule has 2 aromatic rings. The molecule has 0 saturated carbocycles. The Morgan fingerprint density at radius 3 is 2.59 bits per heavy atom. The van der Waals surface area contributed by atoms with Crippen molar-refractivity contribution in [2.45, 2.75) is 44.6 Å². The minimum absolute atomic E-state index is 0.0285. The van der Waals surface area contributed by atoms with Crippen LogP contribution in [0.4, 0.5) is 17.2 Å². The number of pyridine rings is 1. The van der Waals surface area contributed by atoms with Gasteiger partial charge < -0.3 is 24.7 Å². The first-order valence-electron chi connectivity index (χ1n) is 11.1. The predicted molar refractivity (Wildman–Crippen MR) is 150 cm³/mol. The summed E-state index contributed by atoms with van der Waals surface area (Å²) in [5.41, 5.74) is -3.87. The van der Waals surface area contributed by atoms with E-state index in [9.17, 15) is 25.0 Å². The van der Waals surface area contributed by atoms with Crippen LogP contribution in [-0.4, -0.2) is 51.7 Å². The lowest BCUT2D eigenvalue weighted by molar-refractivity contribution is -0.392. The van der Waals surface area contributed by atoms with Gasteiger partial charge in [-0.05, 0) is 78.1 Å². The van der Waals surface area contributed by atoms with Gasteiger partial charge >= 0.3 is 11.5 Å². The van der Waals surface area contributed by atoms with Crippen molar-refractivity contribution in [1.29, 1.82) is 0 Å². The molecule has 2 atom stereocenters. The van der Waals surface area contributed by atoms with Crippen molar-refractivity contribution in [3.05, 3.63) is 55.2 Å². The fourth-order valence-corrected chi connectivity index (χ4v) is 8.77. The minimum Gasteiger partial charge on any atom is -0.492 e. The molecule has 1 aromatic carbocycles. The van der Waals surface area contributed by atoms with Gasteiger partial charge in [-0.15, -0.1) is 0 Å². The Balaban J connectivity index is 2.31. The highest BCUT2D eigenvalue weighted by Gasteiger charge is 2.31. The van der Waals surface area contributed by atoms with Gasteiger partial charge in [-0.25, -0.2) is 4.67 Å². The number of amides is 1. The van der Waals surface area contributed by atoms with Crippen LogP contribution in [0.15, 0.2) is 39.8 Å². The van der Waals surface area contributed by atoms with Crippen LogP contribution < -0.4 is 10.1 Å². The maximum absolute atomic E-state index is 12.7. The zero-order chi connectivity index (χ0) is 27.8. The van der Waals surface area contributed by atoms with Crippen LogP contribution in [0, 0.1) is 20.2 Å². The second-order valence-corrected chi connectivity index (χ2v) is 15.3. The highest BCUT2D eigenvalue weighted by molar-refractivity contribution is 9.10. The summed E-state index contributed by atoms with van der Waals surface area (Å²) in [6, 6.07) is 6.40. The van der Waals surface area contributed by atoms with Crippen LogP contribution >= 0.6 is 32.9 Å². The van der Waals surface area contributed by atoms with Crippen molar-refractivity contribution in [2.75, 3.05) is 25.6 Å². The molecule has 1 amide bonds. The van der Waals surface area contributed by atoms with Crippen LogP contribution in [0.2, 0.25) is 0 Å². The van der Waals surface area contributed by atoms with E-state index in [4.69, 9.17) is 21.1 Å². The zero-order valence-corrected chi connectivity index (χ0v) is 24.7. The molecule has 1 aromatic heterocycles. The third-order valence-corrected chi connectivity index (χ3v) is 12.1. The summed E-state index contributed by atoms with van der Waals surface area (Å²) in [5.74, 6) is -0.774. The molecule has 0 aliphatic rings. The Bertz CT molecular complexity index is 1210. The Hall–Kier alpha value is -2.16. The van der Waals surface area contributed by atoms with Gasteiger partial charge in [0.2, 0.25) is 6.20 Å². The number of hydrogen-bond donors (Lipinski definition) is 1. The van der Waals surface area contributed by atoms with Gasteiger partial charge in [-0.3, -0.25) is 14.9 Å². The van der Waals surface area contributed by atoms with E-state index in [1.54, 1.807) is 0 Å². The minimum atomic E-state index is -2.92. The second-order valence-electron chi connectivity index (χ2n) is 7.73. The molecule has 12 nitrogen and oxygen atoms in total. The number of anilines is 1. The molecule has 16 heteroatoms. The lowest BCUT2D eigenvalue weighted by Crippen LogP contribution is -2.27. The highest BCUT2D eigenvalue weighted by Crippen LogP contribution is 2.67. The number of nitrogens with zero attached hydrogens (tertiary/aromatic N) is 4. The van der Waals surface area contributed by atoms with Crippen molar-refractivity contribution < 1.29 is 23.9 Å². The summed E-state index contributed by atoms with van der Waals surface area (Å²) < 4.78 is 14.7. The summed E-state index contributed by atoms with van der Waals surface area (Å²) in [4.78, 5) is 37.7. The summed E-state index contributed by atoms with van der Waals surface area (Å²) >= 11 is 10.7. The molecule has 0 aliphatic carbocycles. The summed E-state index contributed by atoms with van der Waals surface area (Å²) in [6.07, 6.45) is 2.31. The summed E-state index contributed by atoms with van der Waals surface area (Å²) in [7, 11) is 1.82. The van der Waals surface area contributed by atoms with Crippen LogP contribution in [0.5, 0.6) is 5.75 Å². The molecule has 0 saturated heterocycles. The van der Waals surface area contributed by atoms with Gasteiger partial charge in [-0.2, -0.15) is 0 Å². The van der Waals surface area contributed by atoms with Crippen molar-refractivity contribution in [1.82, 2.24) is 9.65 Å². The lowest BCUT2D eigenvalue weighted by atomic mass is 10.3. The quantitative estimate of drug-likeness (QED) is 0.144. The van der Waals surface area contributed by atoms with E-state index < -0.39 is 39.5 Å². The van der Waals surface area contributed by atoms with Crippen molar-refractivity contribution in [2.24, 2.45) is 0 Å². The maximum atomic E-state index is 12.7. The zero-order valence-electron chi connectivity index (χ0n) is 20.6. The molecule has 0 radical (unpaired) electrons. The smallest absolute Gasteiger partial charge is 0.366 e. The average molecular weight is 636 g/mol. The number of carbonyl (C=O) groups is 1. The number of benzene rings is 1. The van der Waals surface area contributed by atoms with Gasteiger partial charge in [0.25, 0.3) is 5.91 Å². The molecule has 1 N–H and O–H groups in total. The molecule has 0 aliphatic heterocycles. The third-order valence-electron chi connectivity index (χ3n) is 5.08. The number of nitrogens with one attached hydrogen (secondary N) is 1. The Labute approximate surface area is 231 Å². The topological polar surface area (TPSA) is 150 Å². The summed E-state index contributed by atoms with van der Waals surface area (Å²) in [6.45, 7) is 5.97. The Kier molecular flexibility index (Phi) is 11.9. The monoisotopic (exact) mass is 635 g/mol. The van der Waals surface area contributed by atoms with E-state index in [0.717, 1.165) is 34.5 Å². The normalized spacial score (nSPS) is 13.6. The lowest BCUT2D eigenvalue weighted by Gasteiger charge is -2.34. The standard InChI is InChI=1S/C21H27BrN5O7PS2/c1-5-9-33-18-10-15(22)7-8-19(18)37-35(36,25(4)14(3)6-2)34-13-21(28)24-16-11-20(27(31)32)23-12-17(16)26(29)30/h7-8,10-12,14H,5-6,9,13H2,1-4H3,(H,23,24,28). The molecule has 0 spiro atoms. The van der Waals surface area contributed by atoms with E-state index in [0.29, 0.717) is 12.4 Å². The highest BCUT2D eigenvalue weighted by atomic mass is 79.9. The first-order chi connectivity index (χ1) is 17.4. The molecule has 37 heavy (non-hydrogen) atoms. The second kappa shape index (κ2) is 14.1. The number of nitro groups is 2. The molecule has 2 unspecified atom stereocenters. The largest absolute Gasteiger partial charge is 0.492 e. The van der Waals surface area contributed by atoms with Gasteiger partial charge in [0.1, 0.15) is 18.0 Å². The van der Waals surface area contributed by atoms with Crippen LogP contribution in [0.25, 0.3) is 0 Å². The molecular formula is C21H27BrN5O7PS2. The molecule has 2 rings (SSSR count). The van der Waals surface area contributed by atoms with Gasteiger partial charge in [0.15, 0.2) is 5.62 Å². The molecule has 0 bridgehead atoms. The van der Waals surface area contributed by atoms with Crippen LogP contribution in [-0.2, 0) is 21.1 Å². The van der Waals surface area contributed by atoms with Crippen molar-refractivity contribution >= 4 is 67.8 Å². The van der Waals surface area contributed by atoms with E-state index in [1.165, 1.54) is 11.4 Å². The molecule has 1 heterocycles. The predicted octanol–water partition coefficient (Wildman–Crippen LogP) is 6.15. The first-order valence-corrected chi connectivity index (χ1v) is 16.0. The number of hydrogen-bond acceptors (Lipinski definition) is 10. The van der Waals surface area contributed by atoms with Crippen molar-refractivity contribution in [3.63, 3.8) is 0 Å². The van der Waals surface area contributed by atoms with E-state index in [1.807, 2.05) is 50.7 Å². The SMILES string of the molecule is CCCOc1cc(Br)ccc1SP(=S)(OCC(=O)Nc1cc([N+](=O)[O-])ncc1[N+](=O)[O-])N(C)C(C)CC. The number of rotatable bonds is 14. The molecule has 0 fully saturated rings. The fraction of sp³-hybridized carbons (Fsp3) is 0.429. The number of halogens is 1. The number of aromatic nitrogens is 1. The van der Waals surface area contributed by atoms with E-state index in [2.05, 4.69) is 26.2 Å². The van der Waals surface area contributed by atoms with E-state index in [-0.39, 0.29) is 11.7 Å². The van der Waals surface area contributed by atoms with Crippen LogP contribution in [0.1, 0.15) is 33.6 Å². The first kappa shape index (κ1) is 31.1. The Morgan fingerprint density at radius 1 is 1.30 bits per heavy atom. The van der Waals surface area contributed by atoms with E-state index >= 15 is 0 Å². The summed E-state index contributed by atoms with van der Waals surface area (Å²) in [5, 5.41) is 24.7. The molecule has 202 valence electrons. The molecular weight excluding hydrogens is 609 g/mol. The fourth-order valence-electron chi connectivity index (χ4n) is 2.80. The average Bonchev–Trinajstić information content (AvgIpc) is 2.86. The van der Waals surface area contributed by atoms with Gasteiger partial charge in [-0.1, -0.05) is 29.8 Å². The third kappa shape index (κ3) is 8.69. The van der Waals surface area contributed by atoms with Crippen molar-refractivity contribution in [3.8, 4) is 5.75 Å².